The summed E-state index contributed by atoms with van der Waals surface area (Å²) in [5, 5.41) is 11.6. The molecule has 0 aromatic heterocycles. The third-order valence-corrected chi connectivity index (χ3v) is 3.29. The summed E-state index contributed by atoms with van der Waals surface area (Å²) >= 11 is 0. The maximum absolute atomic E-state index is 13.0. The van der Waals surface area contributed by atoms with Gasteiger partial charge in [0.15, 0.2) is 0 Å². The average molecular weight is 295 g/mol. The number of nitrogens with one attached hydrogen (secondary N) is 1. The number of carbonyl (C=O) groups excluding carboxylic acids is 1. The standard InChI is InChI=1S/C16H22FNO3/c1-11-8-13(17)5-4-12(11)6-7-18-14(19)9-16(2,3)10-15(20)21/h4-5,8H,6-7,9-10H2,1-3H3,(H,18,19)(H,20,21). The number of aliphatic carboxylic acids is 1. The van der Waals surface area contributed by atoms with E-state index in [2.05, 4.69) is 5.32 Å². The van der Waals surface area contributed by atoms with Crippen LogP contribution in [0.5, 0.6) is 0 Å². The number of hydrogen-bond acceptors (Lipinski definition) is 2. The van der Waals surface area contributed by atoms with Gasteiger partial charge in [0.05, 0.1) is 6.42 Å². The minimum absolute atomic E-state index is 0.0442. The van der Waals surface area contributed by atoms with Crippen LogP contribution in [0, 0.1) is 18.2 Å². The molecule has 1 rings (SSSR count). The number of aryl methyl sites for hydroxylation is 1. The van der Waals surface area contributed by atoms with E-state index < -0.39 is 11.4 Å². The van der Waals surface area contributed by atoms with Crippen molar-refractivity contribution in [2.75, 3.05) is 6.54 Å². The van der Waals surface area contributed by atoms with E-state index in [4.69, 9.17) is 5.11 Å². The van der Waals surface area contributed by atoms with Crippen molar-refractivity contribution in [2.24, 2.45) is 5.41 Å². The van der Waals surface area contributed by atoms with Crippen LogP contribution in [0.4, 0.5) is 4.39 Å². The Morgan fingerprint density at radius 1 is 1.29 bits per heavy atom. The fraction of sp³-hybridized carbons (Fsp3) is 0.500. The van der Waals surface area contributed by atoms with Crippen molar-refractivity contribution in [3.63, 3.8) is 0 Å². The van der Waals surface area contributed by atoms with E-state index in [1.165, 1.54) is 12.1 Å². The van der Waals surface area contributed by atoms with Crippen molar-refractivity contribution in [3.8, 4) is 0 Å². The second-order valence-corrected chi connectivity index (χ2v) is 6.08. The topological polar surface area (TPSA) is 66.4 Å². The molecule has 0 fully saturated rings. The summed E-state index contributed by atoms with van der Waals surface area (Å²) in [5.74, 6) is -1.34. The highest BCUT2D eigenvalue weighted by Crippen LogP contribution is 2.24. The third kappa shape index (κ3) is 6.38. The first kappa shape index (κ1) is 17.1. The number of carboxylic acids is 1. The Hall–Kier alpha value is -1.91. The molecule has 2 N–H and O–H groups in total. The van der Waals surface area contributed by atoms with Crippen molar-refractivity contribution in [2.45, 2.75) is 40.0 Å². The molecule has 0 spiro atoms. The molecule has 0 bridgehead atoms. The quantitative estimate of drug-likeness (QED) is 0.812. The van der Waals surface area contributed by atoms with Gasteiger partial charge in [-0.25, -0.2) is 4.39 Å². The van der Waals surface area contributed by atoms with E-state index >= 15 is 0 Å². The van der Waals surface area contributed by atoms with E-state index in [9.17, 15) is 14.0 Å². The van der Waals surface area contributed by atoms with E-state index in [0.717, 1.165) is 11.1 Å². The highest BCUT2D eigenvalue weighted by Gasteiger charge is 2.24. The predicted molar refractivity (Wildman–Crippen MR) is 78.5 cm³/mol. The lowest BCUT2D eigenvalue weighted by molar-refractivity contribution is -0.139. The number of amides is 1. The van der Waals surface area contributed by atoms with Gasteiger partial charge in [0.2, 0.25) is 5.91 Å². The van der Waals surface area contributed by atoms with Gasteiger partial charge in [0.1, 0.15) is 5.82 Å². The van der Waals surface area contributed by atoms with Gasteiger partial charge in [0.25, 0.3) is 0 Å². The molecule has 0 saturated carbocycles. The van der Waals surface area contributed by atoms with E-state index in [1.54, 1.807) is 19.9 Å². The number of rotatable bonds is 7. The molecule has 1 aromatic rings. The molecule has 1 amide bonds. The molecule has 0 aliphatic carbocycles. The van der Waals surface area contributed by atoms with Crippen LogP contribution in [0.2, 0.25) is 0 Å². The molecule has 0 aliphatic rings. The Morgan fingerprint density at radius 3 is 2.52 bits per heavy atom. The molecule has 116 valence electrons. The van der Waals surface area contributed by atoms with E-state index in [0.29, 0.717) is 13.0 Å². The van der Waals surface area contributed by atoms with Gasteiger partial charge in [-0.05, 0) is 42.0 Å². The number of carbonyl (C=O) groups is 2. The maximum atomic E-state index is 13.0. The summed E-state index contributed by atoms with van der Waals surface area (Å²) in [6, 6.07) is 4.58. The van der Waals surface area contributed by atoms with Crippen LogP contribution >= 0.6 is 0 Å². The largest absolute Gasteiger partial charge is 0.481 e. The molecular weight excluding hydrogens is 273 g/mol. The fourth-order valence-corrected chi connectivity index (χ4v) is 2.25. The van der Waals surface area contributed by atoms with Crippen LogP contribution in [-0.2, 0) is 16.0 Å². The lowest BCUT2D eigenvalue weighted by Gasteiger charge is -2.21. The summed E-state index contributed by atoms with van der Waals surface area (Å²) in [7, 11) is 0. The van der Waals surface area contributed by atoms with Gasteiger partial charge in [-0.1, -0.05) is 19.9 Å². The second kappa shape index (κ2) is 7.20. The van der Waals surface area contributed by atoms with Crippen LogP contribution in [0.1, 0.15) is 37.8 Å². The van der Waals surface area contributed by atoms with Gasteiger partial charge in [-0.2, -0.15) is 0 Å². The van der Waals surface area contributed by atoms with Gasteiger partial charge in [-0.3, -0.25) is 9.59 Å². The molecule has 0 atom stereocenters. The number of carboxylic acid groups (broad SMARTS) is 1. The molecule has 0 aliphatic heterocycles. The molecule has 0 radical (unpaired) electrons. The van der Waals surface area contributed by atoms with Crippen LogP contribution in [0.25, 0.3) is 0 Å². The molecule has 0 saturated heterocycles. The average Bonchev–Trinajstić information content (AvgIpc) is 2.29. The molecule has 1 aromatic carbocycles. The van der Waals surface area contributed by atoms with Gasteiger partial charge in [-0.15, -0.1) is 0 Å². The van der Waals surface area contributed by atoms with E-state index in [1.807, 2.05) is 6.92 Å². The molecule has 0 unspecified atom stereocenters. The summed E-state index contributed by atoms with van der Waals surface area (Å²) in [6.45, 7) is 5.79. The second-order valence-electron chi connectivity index (χ2n) is 6.08. The fourth-order valence-electron chi connectivity index (χ4n) is 2.25. The zero-order chi connectivity index (χ0) is 16.0. The molecular formula is C16H22FNO3. The normalized spacial score (nSPS) is 11.2. The zero-order valence-corrected chi connectivity index (χ0v) is 12.7. The van der Waals surface area contributed by atoms with Crippen LogP contribution in [0.15, 0.2) is 18.2 Å². The van der Waals surface area contributed by atoms with Gasteiger partial charge in [0, 0.05) is 13.0 Å². The van der Waals surface area contributed by atoms with Crippen molar-refractivity contribution < 1.29 is 19.1 Å². The first-order valence-electron chi connectivity index (χ1n) is 6.93. The summed E-state index contributed by atoms with van der Waals surface area (Å²) in [6.07, 6.45) is 0.746. The Balaban J connectivity index is 2.41. The lowest BCUT2D eigenvalue weighted by Crippen LogP contribution is -2.31. The first-order chi connectivity index (χ1) is 9.69. The first-order valence-corrected chi connectivity index (χ1v) is 6.93. The van der Waals surface area contributed by atoms with Gasteiger partial charge >= 0.3 is 5.97 Å². The minimum Gasteiger partial charge on any atom is -0.481 e. The third-order valence-electron chi connectivity index (χ3n) is 3.29. The monoisotopic (exact) mass is 295 g/mol. The highest BCUT2D eigenvalue weighted by atomic mass is 19.1. The Morgan fingerprint density at radius 2 is 1.95 bits per heavy atom. The molecule has 0 heterocycles. The summed E-state index contributed by atoms with van der Waals surface area (Å²) < 4.78 is 13.0. The van der Waals surface area contributed by atoms with Crippen molar-refractivity contribution in [3.05, 3.63) is 35.1 Å². The van der Waals surface area contributed by atoms with Crippen LogP contribution < -0.4 is 5.32 Å². The van der Waals surface area contributed by atoms with Crippen molar-refractivity contribution in [1.82, 2.24) is 5.32 Å². The van der Waals surface area contributed by atoms with Crippen LogP contribution in [0.3, 0.4) is 0 Å². The maximum Gasteiger partial charge on any atom is 0.303 e. The number of halogens is 1. The summed E-state index contributed by atoms with van der Waals surface area (Å²) in [5.41, 5.74) is 1.28. The highest BCUT2D eigenvalue weighted by molar-refractivity contribution is 5.77. The molecule has 4 nitrogen and oxygen atoms in total. The Kier molecular flexibility index (Phi) is 5.88. The molecule has 21 heavy (non-hydrogen) atoms. The molecule has 5 heteroatoms. The SMILES string of the molecule is Cc1cc(F)ccc1CCNC(=O)CC(C)(C)CC(=O)O. The Bertz CT molecular complexity index is 526. The van der Waals surface area contributed by atoms with Crippen molar-refractivity contribution in [1.29, 1.82) is 0 Å². The van der Waals surface area contributed by atoms with Crippen LogP contribution in [-0.4, -0.2) is 23.5 Å². The minimum atomic E-state index is -0.908. The smallest absolute Gasteiger partial charge is 0.303 e. The number of hydrogen-bond donors (Lipinski definition) is 2. The predicted octanol–water partition coefficient (Wildman–Crippen LogP) is 2.68. The lowest BCUT2D eigenvalue weighted by atomic mass is 9.85. The summed E-state index contributed by atoms with van der Waals surface area (Å²) in [4.78, 5) is 22.5. The van der Waals surface area contributed by atoms with Gasteiger partial charge < -0.3 is 10.4 Å². The zero-order valence-electron chi connectivity index (χ0n) is 12.7. The number of benzene rings is 1. The Labute approximate surface area is 124 Å². The van der Waals surface area contributed by atoms with Crippen molar-refractivity contribution >= 4 is 11.9 Å². The van der Waals surface area contributed by atoms with E-state index in [-0.39, 0.29) is 24.6 Å².